The van der Waals surface area contributed by atoms with Gasteiger partial charge >= 0.3 is 0 Å². The van der Waals surface area contributed by atoms with E-state index in [2.05, 4.69) is 12.2 Å². The van der Waals surface area contributed by atoms with Gasteiger partial charge in [0.2, 0.25) is 11.8 Å². The Morgan fingerprint density at radius 2 is 1.86 bits per heavy atom. The summed E-state index contributed by atoms with van der Waals surface area (Å²) < 4.78 is 0. The maximum atomic E-state index is 11.7. The van der Waals surface area contributed by atoms with E-state index in [-0.39, 0.29) is 17.7 Å². The second-order valence-corrected chi connectivity index (χ2v) is 6.01. The van der Waals surface area contributed by atoms with Gasteiger partial charge in [0, 0.05) is 19.5 Å². The van der Waals surface area contributed by atoms with Gasteiger partial charge in [-0.25, -0.2) is 0 Å². The van der Waals surface area contributed by atoms with Crippen molar-refractivity contribution in [3.05, 3.63) is 0 Å². The number of primary amides is 1. The molecule has 0 spiro atoms. The van der Waals surface area contributed by atoms with E-state index < -0.39 is 0 Å². The molecular formula is C16H31N3O2. The average molecular weight is 297 g/mol. The van der Waals surface area contributed by atoms with Crippen LogP contribution in [0.5, 0.6) is 0 Å². The number of rotatable bonds is 12. The zero-order valence-electron chi connectivity index (χ0n) is 13.4. The number of amides is 2. The Morgan fingerprint density at radius 3 is 2.52 bits per heavy atom. The van der Waals surface area contributed by atoms with Crippen LogP contribution in [0.2, 0.25) is 0 Å². The third-order valence-electron chi connectivity index (χ3n) is 4.11. The van der Waals surface area contributed by atoms with Crippen molar-refractivity contribution in [3.8, 4) is 0 Å². The summed E-state index contributed by atoms with van der Waals surface area (Å²) in [6.07, 6.45) is 9.11. The molecule has 0 bridgehead atoms. The first kappa shape index (κ1) is 18.0. The van der Waals surface area contributed by atoms with Crippen LogP contribution in [0.1, 0.15) is 58.3 Å². The predicted octanol–water partition coefficient (Wildman–Crippen LogP) is 1.66. The lowest BCUT2D eigenvalue weighted by molar-refractivity contribution is -0.128. The van der Waals surface area contributed by atoms with E-state index in [4.69, 9.17) is 5.73 Å². The molecule has 122 valence electrons. The minimum absolute atomic E-state index is 0.0646. The largest absolute Gasteiger partial charge is 0.369 e. The van der Waals surface area contributed by atoms with Gasteiger partial charge in [0.05, 0.1) is 5.92 Å². The third kappa shape index (κ3) is 7.46. The van der Waals surface area contributed by atoms with E-state index in [1.54, 1.807) is 4.90 Å². The highest BCUT2D eigenvalue weighted by atomic mass is 16.2. The fraction of sp³-hybridized carbons (Fsp3) is 0.875. The van der Waals surface area contributed by atoms with Crippen molar-refractivity contribution in [2.75, 3.05) is 26.2 Å². The maximum absolute atomic E-state index is 11.7. The van der Waals surface area contributed by atoms with Crippen LogP contribution in [0.4, 0.5) is 0 Å². The van der Waals surface area contributed by atoms with Gasteiger partial charge in [0.25, 0.3) is 0 Å². The van der Waals surface area contributed by atoms with Crippen LogP contribution in [0.15, 0.2) is 0 Å². The van der Waals surface area contributed by atoms with Gasteiger partial charge in [0.1, 0.15) is 0 Å². The van der Waals surface area contributed by atoms with Crippen LogP contribution in [0.25, 0.3) is 0 Å². The number of unbranched alkanes of at least 4 members (excludes halogenated alkanes) is 5. The highest BCUT2D eigenvalue weighted by Crippen LogP contribution is 2.17. The lowest BCUT2D eigenvalue weighted by Gasteiger charge is -2.16. The number of nitrogens with one attached hydrogen (secondary N) is 1. The smallest absolute Gasteiger partial charge is 0.223 e. The van der Waals surface area contributed by atoms with Crippen LogP contribution < -0.4 is 11.1 Å². The number of nitrogens with two attached hydrogens (primary N) is 1. The first-order valence-corrected chi connectivity index (χ1v) is 8.43. The van der Waals surface area contributed by atoms with E-state index >= 15 is 0 Å². The lowest BCUT2D eigenvalue weighted by Crippen LogP contribution is -2.31. The number of carbonyl (C=O) groups excluding carboxylic acids is 2. The van der Waals surface area contributed by atoms with Crippen LogP contribution in [0, 0.1) is 5.92 Å². The Labute approximate surface area is 128 Å². The van der Waals surface area contributed by atoms with Gasteiger partial charge < -0.3 is 16.0 Å². The third-order valence-corrected chi connectivity index (χ3v) is 4.11. The van der Waals surface area contributed by atoms with Crippen LogP contribution in [0.3, 0.4) is 0 Å². The van der Waals surface area contributed by atoms with Crippen LogP contribution in [-0.2, 0) is 9.59 Å². The van der Waals surface area contributed by atoms with Crippen molar-refractivity contribution >= 4 is 11.8 Å². The lowest BCUT2D eigenvalue weighted by atomic mass is 10.1. The summed E-state index contributed by atoms with van der Waals surface area (Å²) in [5.41, 5.74) is 5.25. The second kappa shape index (κ2) is 10.6. The quantitative estimate of drug-likeness (QED) is 0.538. The Balaban J connectivity index is 1.93. The number of hydrogen-bond acceptors (Lipinski definition) is 3. The van der Waals surface area contributed by atoms with E-state index in [1.165, 1.54) is 38.5 Å². The van der Waals surface area contributed by atoms with E-state index in [0.717, 1.165) is 26.1 Å². The van der Waals surface area contributed by atoms with Crippen molar-refractivity contribution in [2.45, 2.75) is 58.3 Å². The van der Waals surface area contributed by atoms with Crippen molar-refractivity contribution < 1.29 is 9.59 Å². The highest BCUT2D eigenvalue weighted by molar-refractivity contribution is 5.88. The Kier molecular flexibility index (Phi) is 9.06. The van der Waals surface area contributed by atoms with Gasteiger partial charge in [-0.1, -0.05) is 39.0 Å². The second-order valence-electron chi connectivity index (χ2n) is 6.01. The first-order chi connectivity index (χ1) is 10.1. The van der Waals surface area contributed by atoms with E-state index in [1.807, 2.05) is 0 Å². The standard InChI is InChI=1S/C16H31N3O2/c1-2-3-4-5-6-7-9-18-10-8-11-19-13-14(16(17)21)12-15(19)20/h14,18H,2-13H2,1H3,(H2,17,21). The maximum Gasteiger partial charge on any atom is 0.223 e. The number of carbonyl (C=O) groups is 2. The van der Waals surface area contributed by atoms with Crippen molar-refractivity contribution in [3.63, 3.8) is 0 Å². The molecule has 5 nitrogen and oxygen atoms in total. The Bertz CT molecular complexity index is 321. The predicted molar refractivity (Wildman–Crippen MR) is 84.7 cm³/mol. The zero-order chi connectivity index (χ0) is 15.5. The number of nitrogens with zero attached hydrogens (tertiary/aromatic N) is 1. The molecule has 1 heterocycles. The van der Waals surface area contributed by atoms with Crippen LogP contribution in [-0.4, -0.2) is 42.9 Å². The zero-order valence-corrected chi connectivity index (χ0v) is 13.4. The molecule has 5 heteroatoms. The van der Waals surface area contributed by atoms with Gasteiger partial charge in [-0.3, -0.25) is 9.59 Å². The van der Waals surface area contributed by atoms with Crippen molar-refractivity contribution in [1.29, 1.82) is 0 Å². The summed E-state index contributed by atoms with van der Waals surface area (Å²) in [5.74, 6) is -0.574. The summed E-state index contributed by atoms with van der Waals surface area (Å²) >= 11 is 0. The first-order valence-electron chi connectivity index (χ1n) is 8.43. The summed E-state index contributed by atoms with van der Waals surface area (Å²) in [7, 11) is 0. The Morgan fingerprint density at radius 1 is 1.19 bits per heavy atom. The molecule has 1 atom stereocenters. The molecule has 1 rings (SSSR count). The summed E-state index contributed by atoms with van der Waals surface area (Å²) in [6.45, 7) is 5.46. The normalized spacial score (nSPS) is 18.4. The molecule has 21 heavy (non-hydrogen) atoms. The highest BCUT2D eigenvalue weighted by Gasteiger charge is 2.32. The van der Waals surface area contributed by atoms with Gasteiger partial charge in [-0.2, -0.15) is 0 Å². The van der Waals surface area contributed by atoms with Gasteiger partial charge in [0.15, 0.2) is 0 Å². The summed E-state index contributed by atoms with van der Waals surface area (Å²) in [5, 5.41) is 3.42. The minimum Gasteiger partial charge on any atom is -0.369 e. The van der Waals surface area contributed by atoms with E-state index in [0.29, 0.717) is 13.0 Å². The minimum atomic E-state index is -0.355. The number of hydrogen-bond donors (Lipinski definition) is 2. The molecule has 1 fully saturated rings. The molecule has 3 N–H and O–H groups in total. The number of likely N-dealkylation sites (tertiary alicyclic amines) is 1. The van der Waals surface area contributed by atoms with Crippen LogP contribution >= 0.6 is 0 Å². The molecule has 0 aromatic carbocycles. The molecule has 1 aliphatic rings. The average Bonchev–Trinajstić information content (AvgIpc) is 2.82. The molecule has 0 aromatic heterocycles. The van der Waals surface area contributed by atoms with Crippen molar-refractivity contribution in [1.82, 2.24) is 10.2 Å². The molecule has 0 radical (unpaired) electrons. The topological polar surface area (TPSA) is 75.4 Å². The molecule has 0 saturated carbocycles. The van der Waals surface area contributed by atoms with Gasteiger partial charge in [-0.05, 0) is 25.9 Å². The molecule has 0 aliphatic carbocycles. The molecule has 0 aromatic rings. The molecule has 2 amide bonds. The Hall–Kier alpha value is -1.10. The van der Waals surface area contributed by atoms with Crippen molar-refractivity contribution in [2.24, 2.45) is 11.7 Å². The SMILES string of the molecule is CCCCCCCCNCCCN1CC(C(N)=O)CC1=O. The molecule has 1 aliphatic heterocycles. The summed E-state index contributed by atoms with van der Waals surface area (Å²) in [6, 6.07) is 0. The monoisotopic (exact) mass is 297 g/mol. The molecule has 1 unspecified atom stereocenters. The van der Waals surface area contributed by atoms with E-state index in [9.17, 15) is 9.59 Å². The summed E-state index contributed by atoms with van der Waals surface area (Å²) in [4.78, 5) is 24.5. The molecular weight excluding hydrogens is 266 g/mol. The fourth-order valence-corrected chi connectivity index (χ4v) is 2.73. The fourth-order valence-electron chi connectivity index (χ4n) is 2.73. The van der Waals surface area contributed by atoms with Gasteiger partial charge in [-0.15, -0.1) is 0 Å². The molecule has 1 saturated heterocycles.